The highest BCUT2D eigenvalue weighted by Crippen LogP contribution is 2.36. The molecule has 0 bridgehead atoms. The zero-order chi connectivity index (χ0) is 18.1. The Morgan fingerprint density at radius 1 is 1.15 bits per heavy atom. The van der Waals surface area contributed by atoms with Crippen LogP contribution in [0.1, 0.15) is 33.1 Å². The van der Waals surface area contributed by atoms with Crippen molar-refractivity contribution in [3.05, 3.63) is 24.3 Å². The maximum Gasteiger partial charge on any atom is 0.172 e. The molecule has 140 valence electrons. The quantitative estimate of drug-likeness (QED) is 0.888. The van der Waals surface area contributed by atoms with Crippen LogP contribution in [0.2, 0.25) is 0 Å². The van der Waals surface area contributed by atoms with E-state index in [4.69, 9.17) is 19.4 Å². The van der Waals surface area contributed by atoms with Crippen molar-refractivity contribution in [1.82, 2.24) is 9.97 Å². The molecular weight excluding hydrogens is 328 g/mol. The Labute approximate surface area is 154 Å². The summed E-state index contributed by atoms with van der Waals surface area (Å²) in [6, 6.07) is 8.04. The molecule has 2 fully saturated rings. The average Bonchev–Trinajstić information content (AvgIpc) is 2.59. The van der Waals surface area contributed by atoms with Gasteiger partial charge in [-0.05, 0) is 45.2 Å². The van der Waals surface area contributed by atoms with E-state index >= 15 is 0 Å². The van der Waals surface area contributed by atoms with Gasteiger partial charge in [-0.15, -0.1) is 0 Å². The Hall–Kier alpha value is -1.92. The van der Waals surface area contributed by atoms with Crippen molar-refractivity contribution in [3.63, 3.8) is 0 Å². The Kier molecular flexibility index (Phi) is 4.71. The lowest BCUT2D eigenvalue weighted by Gasteiger charge is -2.41. The van der Waals surface area contributed by atoms with Gasteiger partial charge in [0, 0.05) is 26.7 Å². The molecule has 0 spiro atoms. The van der Waals surface area contributed by atoms with E-state index in [0.29, 0.717) is 0 Å². The molecule has 1 aromatic carbocycles. The molecule has 6 heteroatoms. The fraction of sp³-hybridized carbons (Fsp3) is 0.600. The summed E-state index contributed by atoms with van der Waals surface area (Å²) in [6.45, 7) is 6.62. The normalized spacial score (nSPS) is 25.1. The lowest BCUT2D eigenvalue weighted by Crippen LogP contribution is -2.47. The minimum Gasteiger partial charge on any atom is -0.376 e. The first-order valence-electron chi connectivity index (χ1n) is 9.55. The first-order valence-corrected chi connectivity index (χ1v) is 9.55. The molecule has 2 aliphatic rings. The maximum absolute atomic E-state index is 5.89. The van der Waals surface area contributed by atoms with Crippen molar-refractivity contribution < 1.29 is 9.47 Å². The van der Waals surface area contributed by atoms with Crippen molar-refractivity contribution in [1.29, 1.82) is 0 Å². The van der Waals surface area contributed by atoms with Crippen LogP contribution in [-0.4, -0.2) is 54.5 Å². The number of benzene rings is 1. The SMILES string of the molecule is COC1(CNc2nc3ccccc3nc2N2CC(C)OC(C)C2)CCC1. The van der Waals surface area contributed by atoms with Gasteiger partial charge in [-0.1, -0.05) is 12.1 Å². The van der Waals surface area contributed by atoms with Crippen LogP contribution in [0.5, 0.6) is 0 Å². The van der Waals surface area contributed by atoms with Gasteiger partial charge in [0.1, 0.15) is 0 Å². The van der Waals surface area contributed by atoms with E-state index in [2.05, 4.69) is 24.1 Å². The molecule has 2 heterocycles. The summed E-state index contributed by atoms with van der Waals surface area (Å²) in [6.07, 6.45) is 3.77. The third-order valence-electron chi connectivity index (χ3n) is 5.55. The molecule has 1 N–H and O–H groups in total. The highest BCUT2D eigenvalue weighted by atomic mass is 16.5. The fourth-order valence-corrected chi connectivity index (χ4v) is 3.95. The Morgan fingerprint density at radius 3 is 2.38 bits per heavy atom. The molecule has 1 aliphatic carbocycles. The van der Waals surface area contributed by atoms with Gasteiger partial charge < -0.3 is 19.7 Å². The molecule has 1 saturated carbocycles. The number of nitrogens with zero attached hydrogens (tertiary/aromatic N) is 3. The van der Waals surface area contributed by atoms with E-state index in [1.165, 1.54) is 6.42 Å². The second-order valence-corrected chi connectivity index (χ2v) is 7.64. The van der Waals surface area contributed by atoms with Gasteiger partial charge in [0.05, 0.1) is 28.8 Å². The second-order valence-electron chi connectivity index (χ2n) is 7.64. The second kappa shape index (κ2) is 7.00. The molecule has 0 amide bonds. The van der Waals surface area contributed by atoms with Crippen LogP contribution in [0.15, 0.2) is 24.3 Å². The van der Waals surface area contributed by atoms with Crippen LogP contribution in [0, 0.1) is 0 Å². The lowest BCUT2D eigenvalue weighted by atomic mass is 9.80. The van der Waals surface area contributed by atoms with Crippen LogP contribution < -0.4 is 10.2 Å². The highest BCUT2D eigenvalue weighted by Gasteiger charge is 2.37. The van der Waals surface area contributed by atoms with E-state index in [1.807, 2.05) is 24.3 Å². The fourth-order valence-electron chi connectivity index (χ4n) is 3.95. The molecule has 1 aromatic heterocycles. The standard InChI is InChI=1S/C20H28N4O2/c1-14-11-24(12-15(2)26-14)19-18(21-13-20(25-3)9-6-10-20)22-16-7-4-5-8-17(16)23-19/h4-5,7-8,14-15H,6,9-13H2,1-3H3,(H,21,22). The van der Waals surface area contributed by atoms with Crippen LogP contribution in [0.25, 0.3) is 11.0 Å². The summed E-state index contributed by atoms with van der Waals surface area (Å²) in [5, 5.41) is 3.54. The molecule has 2 atom stereocenters. The first kappa shape index (κ1) is 17.5. The van der Waals surface area contributed by atoms with Gasteiger partial charge in [0.25, 0.3) is 0 Å². The van der Waals surface area contributed by atoms with Gasteiger partial charge in [-0.3, -0.25) is 0 Å². The van der Waals surface area contributed by atoms with E-state index in [0.717, 1.165) is 55.1 Å². The predicted molar refractivity (Wildman–Crippen MR) is 104 cm³/mol. The largest absolute Gasteiger partial charge is 0.376 e. The number of ether oxygens (including phenoxy) is 2. The number of para-hydroxylation sites is 2. The number of fused-ring (bicyclic) bond motifs is 1. The number of rotatable bonds is 5. The zero-order valence-electron chi connectivity index (χ0n) is 15.9. The van der Waals surface area contributed by atoms with E-state index in [-0.39, 0.29) is 17.8 Å². The van der Waals surface area contributed by atoms with Crippen molar-refractivity contribution in [2.24, 2.45) is 0 Å². The molecule has 2 unspecified atom stereocenters. The van der Waals surface area contributed by atoms with Crippen molar-refractivity contribution in [2.75, 3.05) is 37.0 Å². The molecule has 4 rings (SSSR count). The Balaban J connectivity index is 1.67. The summed E-state index contributed by atoms with van der Waals surface area (Å²) in [7, 11) is 1.80. The number of anilines is 2. The van der Waals surface area contributed by atoms with E-state index in [1.54, 1.807) is 7.11 Å². The van der Waals surface area contributed by atoms with Gasteiger partial charge in [0.15, 0.2) is 11.6 Å². The third-order valence-corrected chi connectivity index (χ3v) is 5.55. The minimum atomic E-state index is -0.0593. The van der Waals surface area contributed by atoms with Crippen molar-refractivity contribution in [2.45, 2.75) is 50.9 Å². The summed E-state index contributed by atoms with van der Waals surface area (Å²) in [4.78, 5) is 12.1. The average molecular weight is 356 g/mol. The smallest absolute Gasteiger partial charge is 0.172 e. The summed E-state index contributed by atoms with van der Waals surface area (Å²) < 4.78 is 11.7. The van der Waals surface area contributed by atoms with Crippen LogP contribution in [-0.2, 0) is 9.47 Å². The molecule has 6 nitrogen and oxygen atoms in total. The van der Waals surface area contributed by atoms with Crippen molar-refractivity contribution in [3.8, 4) is 0 Å². The van der Waals surface area contributed by atoms with Crippen molar-refractivity contribution >= 4 is 22.7 Å². The molecule has 1 saturated heterocycles. The molecule has 0 radical (unpaired) electrons. The van der Waals surface area contributed by atoms with Gasteiger partial charge in [0.2, 0.25) is 0 Å². The zero-order valence-corrected chi connectivity index (χ0v) is 15.9. The topological polar surface area (TPSA) is 59.5 Å². The van der Waals surface area contributed by atoms with Gasteiger partial charge in [-0.25, -0.2) is 9.97 Å². The third kappa shape index (κ3) is 3.35. The highest BCUT2D eigenvalue weighted by molar-refractivity contribution is 5.80. The van der Waals surface area contributed by atoms with Crippen LogP contribution in [0.4, 0.5) is 11.6 Å². The summed E-state index contributed by atoms with van der Waals surface area (Å²) in [5.41, 5.74) is 1.77. The Morgan fingerprint density at radius 2 is 1.81 bits per heavy atom. The molecule has 1 aliphatic heterocycles. The van der Waals surface area contributed by atoms with Crippen LogP contribution in [0.3, 0.4) is 0 Å². The van der Waals surface area contributed by atoms with Crippen LogP contribution >= 0.6 is 0 Å². The van der Waals surface area contributed by atoms with Gasteiger partial charge >= 0.3 is 0 Å². The summed E-state index contributed by atoms with van der Waals surface area (Å²) >= 11 is 0. The number of aromatic nitrogens is 2. The maximum atomic E-state index is 5.89. The molecule has 2 aromatic rings. The Bertz CT molecular complexity index is 762. The summed E-state index contributed by atoms with van der Waals surface area (Å²) in [5.74, 6) is 1.75. The number of nitrogens with one attached hydrogen (secondary N) is 1. The molecular formula is C20H28N4O2. The molecule has 26 heavy (non-hydrogen) atoms. The van der Waals surface area contributed by atoms with Gasteiger partial charge in [-0.2, -0.15) is 0 Å². The minimum absolute atomic E-state index is 0.0593. The monoisotopic (exact) mass is 356 g/mol. The van der Waals surface area contributed by atoms with E-state index < -0.39 is 0 Å². The number of hydrogen-bond acceptors (Lipinski definition) is 6. The predicted octanol–water partition coefficient (Wildman–Crippen LogP) is 3.22. The number of methoxy groups -OCH3 is 1. The first-order chi connectivity index (χ1) is 12.6. The van der Waals surface area contributed by atoms with E-state index in [9.17, 15) is 0 Å². The number of hydrogen-bond donors (Lipinski definition) is 1. The number of morpholine rings is 1. The lowest BCUT2D eigenvalue weighted by molar-refractivity contribution is -0.0601.